The first-order chi connectivity index (χ1) is 4.39. The summed E-state index contributed by atoms with van der Waals surface area (Å²) in [6, 6.07) is 0. The molecule has 0 bridgehead atoms. The van der Waals surface area contributed by atoms with Crippen LogP contribution in [-0.4, -0.2) is 0 Å². The molecule has 1 aliphatic rings. The van der Waals surface area contributed by atoms with Crippen molar-refractivity contribution < 1.29 is 0 Å². The summed E-state index contributed by atoms with van der Waals surface area (Å²) in [6.07, 6.45) is 13.2. The third kappa shape index (κ3) is 2.31. The van der Waals surface area contributed by atoms with E-state index in [1.165, 1.54) is 5.57 Å². The van der Waals surface area contributed by atoms with Crippen molar-refractivity contribution >= 4 is 0 Å². The summed E-state index contributed by atoms with van der Waals surface area (Å²) in [4.78, 5) is 0. The largest absolute Gasteiger partial charge is 0.0844 e. The second kappa shape index (κ2) is 3.29. The Morgan fingerprint density at radius 2 is 1.89 bits per heavy atom. The van der Waals surface area contributed by atoms with Gasteiger partial charge in [-0.3, -0.25) is 0 Å². The summed E-state index contributed by atoms with van der Waals surface area (Å²) >= 11 is 0. The Hall–Kier alpha value is -0.780. The van der Waals surface area contributed by atoms with Crippen molar-refractivity contribution in [2.45, 2.75) is 19.8 Å². The molecule has 1 aliphatic carbocycles. The van der Waals surface area contributed by atoms with Crippen LogP contribution in [0.2, 0.25) is 0 Å². The van der Waals surface area contributed by atoms with Crippen molar-refractivity contribution in [3.63, 3.8) is 0 Å². The van der Waals surface area contributed by atoms with Crippen molar-refractivity contribution in [3.05, 3.63) is 36.0 Å². The van der Waals surface area contributed by atoms with Gasteiger partial charge in [0.2, 0.25) is 0 Å². The molecule has 0 aromatic heterocycles. The molecule has 0 heterocycles. The molecule has 9 heavy (non-hydrogen) atoms. The molecule has 0 fully saturated rings. The standard InChI is InChI=1S/C9H12/c1-9-7-5-3-2-4-6-8-9/h2-3,6-8H,4-5H2,1H3/b3-2-,8-6?,9-7?. The van der Waals surface area contributed by atoms with Crippen molar-refractivity contribution in [1.29, 1.82) is 0 Å². The summed E-state index contributed by atoms with van der Waals surface area (Å²) in [5.41, 5.74) is 1.37. The maximum Gasteiger partial charge on any atom is -0.0163 e. The molecule has 0 radical (unpaired) electrons. The van der Waals surface area contributed by atoms with Gasteiger partial charge in [-0.15, -0.1) is 0 Å². The van der Waals surface area contributed by atoms with Crippen molar-refractivity contribution in [1.82, 2.24) is 0 Å². The zero-order valence-corrected chi connectivity index (χ0v) is 5.80. The van der Waals surface area contributed by atoms with Crippen LogP contribution in [0.4, 0.5) is 0 Å². The molecule has 0 unspecified atom stereocenters. The van der Waals surface area contributed by atoms with Gasteiger partial charge in [0.05, 0.1) is 0 Å². The first-order valence-electron chi connectivity index (χ1n) is 3.38. The van der Waals surface area contributed by atoms with Gasteiger partial charge in [-0.05, 0) is 19.8 Å². The summed E-state index contributed by atoms with van der Waals surface area (Å²) in [7, 11) is 0. The predicted molar refractivity (Wildman–Crippen MR) is 41.3 cm³/mol. The molecule has 0 aliphatic heterocycles. The molecule has 0 aromatic rings. The molecule has 0 spiro atoms. The maximum absolute atomic E-state index is 2.23. The highest BCUT2D eigenvalue weighted by atomic mass is 13.9. The average molecular weight is 120 g/mol. The topological polar surface area (TPSA) is 0 Å². The van der Waals surface area contributed by atoms with Crippen LogP contribution in [0, 0.1) is 0 Å². The van der Waals surface area contributed by atoms with E-state index in [1.807, 2.05) is 0 Å². The summed E-state index contributed by atoms with van der Waals surface area (Å²) in [6.45, 7) is 2.13. The minimum atomic E-state index is 1.09. The molecule has 0 saturated heterocycles. The van der Waals surface area contributed by atoms with Crippen LogP contribution in [0.1, 0.15) is 19.8 Å². The van der Waals surface area contributed by atoms with Gasteiger partial charge in [-0.2, -0.15) is 0 Å². The fourth-order valence-electron chi connectivity index (χ4n) is 0.847. The van der Waals surface area contributed by atoms with Crippen molar-refractivity contribution in [2.75, 3.05) is 0 Å². The highest BCUT2D eigenvalue weighted by molar-refractivity contribution is 5.19. The van der Waals surface area contributed by atoms with Crippen LogP contribution in [0.15, 0.2) is 36.0 Å². The van der Waals surface area contributed by atoms with Crippen molar-refractivity contribution in [3.8, 4) is 0 Å². The van der Waals surface area contributed by atoms with Gasteiger partial charge in [0.1, 0.15) is 0 Å². The lowest BCUT2D eigenvalue weighted by Gasteiger charge is -1.93. The Morgan fingerprint density at radius 1 is 1.11 bits per heavy atom. The molecule has 0 amide bonds. The van der Waals surface area contributed by atoms with Gasteiger partial charge in [0.25, 0.3) is 0 Å². The lowest BCUT2D eigenvalue weighted by atomic mass is 10.1. The van der Waals surface area contributed by atoms with Gasteiger partial charge in [-0.25, -0.2) is 0 Å². The van der Waals surface area contributed by atoms with Crippen molar-refractivity contribution in [2.24, 2.45) is 0 Å². The third-order valence-corrected chi connectivity index (χ3v) is 1.40. The second-order valence-corrected chi connectivity index (χ2v) is 2.29. The van der Waals surface area contributed by atoms with E-state index in [2.05, 4.69) is 37.3 Å². The highest BCUT2D eigenvalue weighted by Crippen LogP contribution is 2.03. The van der Waals surface area contributed by atoms with Crippen LogP contribution in [-0.2, 0) is 0 Å². The number of allylic oxidation sites excluding steroid dienone is 6. The van der Waals surface area contributed by atoms with E-state index in [1.54, 1.807) is 0 Å². The fourth-order valence-corrected chi connectivity index (χ4v) is 0.847. The average Bonchev–Trinajstić information content (AvgIpc) is 1.79. The fraction of sp³-hybridized carbons (Fsp3) is 0.333. The normalized spacial score (nSPS) is 22.1. The number of rotatable bonds is 0. The Morgan fingerprint density at radius 3 is 2.78 bits per heavy atom. The van der Waals surface area contributed by atoms with E-state index in [0.717, 1.165) is 12.8 Å². The van der Waals surface area contributed by atoms with Gasteiger partial charge in [-0.1, -0.05) is 36.0 Å². The Balaban J connectivity index is 2.63. The second-order valence-electron chi connectivity index (χ2n) is 2.29. The molecule has 0 aromatic carbocycles. The van der Waals surface area contributed by atoms with Gasteiger partial charge in [0, 0.05) is 0 Å². The summed E-state index contributed by atoms with van der Waals surface area (Å²) < 4.78 is 0. The molecule has 0 heteroatoms. The Kier molecular flexibility index (Phi) is 2.32. The van der Waals surface area contributed by atoms with Crippen LogP contribution in [0.3, 0.4) is 0 Å². The Labute approximate surface area is 56.6 Å². The molecule has 1 rings (SSSR count). The molecule has 0 atom stereocenters. The van der Waals surface area contributed by atoms with Crippen LogP contribution < -0.4 is 0 Å². The predicted octanol–water partition coefficient (Wildman–Crippen LogP) is 2.84. The molecule has 0 saturated carbocycles. The highest BCUT2D eigenvalue weighted by Gasteiger charge is 1.82. The molecule has 0 N–H and O–H groups in total. The molecule has 0 nitrogen and oxygen atoms in total. The summed E-state index contributed by atoms with van der Waals surface area (Å²) in [5, 5.41) is 0. The van der Waals surface area contributed by atoms with E-state index >= 15 is 0 Å². The minimum Gasteiger partial charge on any atom is -0.0844 e. The molecular formula is C9H12. The lowest BCUT2D eigenvalue weighted by Crippen LogP contribution is -1.72. The first kappa shape index (κ1) is 6.34. The first-order valence-corrected chi connectivity index (χ1v) is 3.38. The van der Waals surface area contributed by atoms with Crippen LogP contribution >= 0.6 is 0 Å². The van der Waals surface area contributed by atoms with E-state index in [-0.39, 0.29) is 0 Å². The molecular weight excluding hydrogens is 108 g/mol. The zero-order valence-electron chi connectivity index (χ0n) is 5.80. The van der Waals surface area contributed by atoms with Crippen LogP contribution in [0.5, 0.6) is 0 Å². The lowest BCUT2D eigenvalue weighted by molar-refractivity contribution is 1.25. The quantitative estimate of drug-likeness (QED) is 0.431. The maximum atomic E-state index is 2.23. The van der Waals surface area contributed by atoms with E-state index < -0.39 is 0 Å². The summed E-state index contributed by atoms with van der Waals surface area (Å²) in [5.74, 6) is 0. The van der Waals surface area contributed by atoms with E-state index in [4.69, 9.17) is 0 Å². The van der Waals surface area contributed by atoms with Gasteiger partial charge in [0.15, 0.2) is 0 Å². The zero-order chi connectivity index (χ0) is 6.53. The number of hydrogen-bond acceptors (Lipinski definition) is 0. The molecule has 48 valence electrons. The minimum absolute atomic E-state index is 1.09. The Bertz CT molecular complexity index is 159. The van der Waals surface area contributed by atoms with E-state index in [0.29, 0.717) is 0 Å². The SMILES string of the molecule is CC1=CC/C=C\CC=C1. The van der Waals surface area contributed by atoms with Gasteiger partial charge >= 0.3 is 0 Å². The monoisotopic (exact) mass is 120 g/mol. The van der Waals surface area contributed by atoms with Crippen LogP contribution in [0.25, 0.3) is 0 Å². The third-order valence-electron chi connectivity index (χ3n) is 1.40. The van der Waals surface area contributed by atoms with Gasteiger partial charge < -0.3 is 0 Å². The van der Waals surface area contributed by atoms with E-state index in [9.17, 15) is 0 Å². The number of hydrogen-bond donors (Lipinski definition) is 0. The smallest absolute Gasteiger partial charge is 0.0163 e.